The van der Waals surface area contributed by atoms with E-state index in [2.05, 4.69) is 24.3 Å². The van der Waals surface area contributed by atoms with Crippen molar-refractivity contribution in [1.82, 2.24) is 5.06 Å². The van der Waals surface area contributed by atoms with Crippen LogP contribution in [0.3, 0.4) is 0 Å². The summed E-state index contributed by atoms with van der Waals surface area (Å²) < 4.78 is 0. The molecule has 0 bridgehead atoms. The van der Waals surface area contributed by atoms with E-state index in [1.807, 2.05) is 44.4 Å². The van der Waals surface area contributed by atoms with Crippen molar-refractivity contribution in [1.29, 1.82) is 0 Å². The van der Waals surface area contributed by atoms with E-state index in [-0.39, 0.29) is 6.10 Å². The number of rotatable bonds is 6. The molecule has 0 saturated heterocycles. The molecule has 2 N–H and O–H groups in total. The Morgan fingerprint density at radius 1 is 1.00 bits per heavy atom. The molecule has 0 spiro atoms. The first-order valence-electron chi connectivity index (χ1n) is 6.89. The highest BCUT2D eigenvalue weighted by Gasteiger charge is 2.18. The van der Waals surface area contributed by atoms with Crippen LogP contribution in [0.4, 0.5) is 0 Å². The van der Waals surface area contributed by atoms with Crippen molar-refractivity contribution in [2.24, 2.45) is 5.73 Å². The second kappa shape index (κ2) is 7.20. The molecular formula is C17H22N2O. The Kier molecular flexibility index (Phi) is 5.30. The van der Waals surface area contributed by atoms with Gasteiger partial charge in [0.25, 0.3) is 0 Å². The summed E-state index contributed by atoms with van der Waals surface area (Å²) in [5.74, 6) is 0. The maximum Gasteiger partial charge on any atom is 0.130 e. The van der Waals surface area contributed by atoms with Gasteiger partial charge in [0.05, 0.1) is 0 Å². The first-order valence-corrected chi connectivity index (χ1v) is 6.89. The van der Waals surface area contributed by atoms with Gasteiger partial charge in [-0.1, -0.05) is 54.6 Å². The minimum absolute atomic E-state index is 0.103. The molecule has 0 aliphatic carbocycles. The minimum Gasteiger partial charge on any atom is -0.330 e. The average molecular weight is 270 g/mol. The molecule has 2 rings (SSSR count). The fourth-order valence-corrected chi connectivity index (χ4v) is 2.31. The summed E-state index contributed by atoms with van der Waals surface area (Å²) >= 11 is 0. The lowest BCUT2D eigenvalue weighted by molar-refractivity contribution is -0.153. The standard InChI is InChI=1S/C17H22N2O/c1-19(2)20-17(15-9-4-3-5-10-15)16-11-7-6-8-14(16)12-13-18/h3-11,17H,12-13,18H2,1-2H3. The zero-order valence-corrected chi connectivity index (χ0v) is 12.1. The topological polar surface area (TPSA) is 38.5 Å². The largest absolute Gasteiger partial charge is 0.330 e. The van der Waals surface area contributed by atoms with Gasteiger partial charge in [0.2, 0.25) is 0 Å². The highest BCUT2D eigenvalue weighted by molar-refractivity contribution is 5.36. The monoisotopic (exact) mass is 270 g/mol. The van der Waals surface area contributed by atoms with E-state index >= 15 is 0 Å². The molecule has 0 aromatic heterocycles. The van der Waals surface area contributed by atoms with Crippen LogP contribution in [0.25, 0.3) is 0 Å². The molecule has 3 nitrogen and oxygen atoms in total. The van der Waals surface area contributed by atoms with Crippen LogP contribution >= 0.6 is 0 Å². The van der Waals surface area contributed by atoms with Gasteiger partial charge >= 0.3 is 0 Å². The molecule has 0 aliphatic heterocycles. The van der Waals surface area contributed by atoms with E-state index in [1.54, 1.807) is 5.06 Å². The van der Waals surface area contributed by atoms with E-state index in [0.717, 1.165) is 12.0 Å². The van der Waals surface area contributed by atoms with Crippen molar-refractivity contribution >= 4 is 0 Å². The van der Waals surface area contributed by atoms with Gasteiger partial charge in [-0.3, -0.25) is 4.84 Å². The van der Waals surface area contributed by atoms with E-state index < -0.39 is 0 Å². The number of hydrogen-bond donors (Lipinski definition) is 1. The van der Waals surface area contributed by atoms with Gasteiger partial charge in [-0.15, -0.1) is 0 Å². The van der Waals surface area contributed by atoms with E-state index in [4.69, 9.17) is 10.6 Å². The van der Waals surface area contributed by atoms with Crippen LogP contribution in [0.5, 0.6) is 0 Å². The molecule has 1 atom stereocenters. The second-order valence-corrected chi connectivity index (χ2v) is 4.95. The lowest BCUT2D eigenvalue weighted by Gasteiger charge is -2.24. The number of benzene rings is 2. The predicted molar refractivity (Wildman–Crippen MR) is 82.3 cm³/mol. The molecule has 0 radical (unpaired) electrons. The van der Waals surface area contributed by atoms with Crippen LogP contribution in [-0.4, -0.2) is 25.7 Å². The minimum atomic E-state index is -0.103. The van der Waals surface area contributed by atoms with E-state index in [1.165, 1.54) is 11.1 Å². The zero-order valence-electron chi connectivity index (χ0n) is 12.1. The molecule has 0 fully saturated rings. The molecule has 0 saturated carbocycles. The fourth-order valence-electron chi connectivity index (χ4n) is 2.31. The van der Waals surface area contributed by atoms with Crippen LogP contribution in [-0.2, 0) is 11.3 Å². The van der Waals surface area contributed by atoms with Crippen LogP contribution in [0.2, 0.25) is 0 Å². The normalized spacial score (nSPS) is 12.6. The summed E-state index contributed by atoms with van der Waals surface area (Å²) in [6.45, 7) is 0.639. The predicted octanol–water partition coefficient (Wildman–Crippen LogP) is 2.77. The lowest BCUT2D eigenvalue weighted by atomic mass is 9.95. The molecule has 1 unspecified atom stereocenters. The Morgan fingerprint density at radius 3 is 2.30 bits per heavy atom. The Labute approximate surface area is 120 Å². The molecule has 2 aromatic carbocycles. The van der Waals surface area contributed by atoms with Gasteiger partial charge in [0, 0.05) is 14.1 Å². The van der Waals surface area contributed by atoms with Crippen molar-refractivity contribution in [3.63, 3.8) is 0 Å². The maximum absolute atomic E-state index is 6.00. The summed E-state index contributed by atoms with van der Waals surface area (Å²) in [5, 5.41) is 1.75. The van der Waals surface area contributed by atoms with Crippen molar-refractivity contribution < 1.29 is 4.84 Å². The van der Waals surface area contributed by atoms with Crippen molar-refractivity contribution in [3.05, 3.63) is 71.3 Å². The molecule has 3 heteroatoms. The lowest BCUT2D eigenvalue weighted by Crippen LogP contribution is -2.20. The third kappa shape index (κ3) is 3.67. The smallest absolute Gasteiger partial charge is 0.130 e. The van der Waals surface area contributed by atoms with Gasteiger partial charge in [0.1, 0.15) is 6.10 Å². The molecule has 106 valence electrons. The first kappa shape index (κ1) is 14.7. The average Bonchev–Trinajstić information content (AvgIpc) is 2.47. The van der Waals surface area contributed by atoms with Gasteiger partial charge < -0.3 is 5.73 Å². The third-order valence-electron chi connectivity index (χ3n) is 3.17. The van der Waals surface area contributed by atoms with Gasteiger partial charge in [0.15, 0.2) is 0 Å². The van der Waals surface area contributed by atoms with E-state index in [0.29, 0.717) is 6.54 Å². The Bertz CT molecular complexity index is 526. The maximum atomic E-state index is 6.00. The van der Waals surface area contributed by atoms with Crippen LogP contribution in [0.15, 0.2) is 54.6 Å². The van der Waals surface area contributed by atoms with Gasteiger partial charge in [-0.2, -0.15) is 5.06 Å². The molecule has 0 heterocycles. The summed E-state index contributed by atoms with van der Waals surface area (Å²) in [6, 6.07) is 18.6. The summed E-state index contributed by atoms with van der Waals surface area (Å²) in [5.41, 5.74) is 9.28. The molecule has 0 amide bonds. The third-order valence-corrected chi connectivity index (χ3v) is 3.17. The SMILES string of the molecule is CN(C)OC(c1ccccc1)c1ccccc1CCN. The summed E-state index contributed by atoms with van der Waals surface area (Å²) in [7, 11) is 3.81. The molecule has 0 aliphatic rings. The summed E-state index contributed by atoms with van der Waals surface area (Å²) in [4.78, 5) is 6.00. The van der Waals surface area contributed by atoms with Gasteiger partial charge in [-0.05, 0) is 29.7 Å². The van der Waals surface area contributed by atoms with Crippen molar-refractivity contribution in [2.45, 2.75) is 12.5 Å². The molecule has 2 aromatic rings. The van der Waals surface area contributed by atoms with Crippen LogP contribution < -0.4 is 5.73 Å². The molecule has 20 heavy (non-hydrogen) atoms. The quantitative estimate of drug-likeness (QED) is 0.820. The van der Waals surface area contributed by atoms with Gasteiger partial charge in [-0.25, -0.2) is 0 Å². The second-order valence-electron chi connectivity index (χ2n) is 4.95. The van der Waals surface area contributed by atoms with Crippen LogP contribution in [0.1, 0.15) is 22.8 Å². The van der Waals surface area contributed by atoms with Crippen LogP contribution in [0, 0.1) is 0 Å². The Balaban J connectivity index is 2.41. The number of hydroxylamine groups is 2. The summed E-state index contributed by atoms with van der Waals surface area (Å²) in [6.07, 6.45) is 0.755. The number of nitrogens with zero attached hydrogens (tertiary/aromatic N) is 1. The highest BCUT2D eigenvalue weighted by atomic mass is 16.7. The zero-order chi connectivity index (χ0) is 14.4. The molecular weight excluding hydrogens is 248 g/mol. The fraction of sp³-hybridized carbons (Fsp3) is 0.294. The number of hydrogen-bond acceptors (Lipinski definition) is 3. The Hall–Kier alpha value is -1.68. The van der Waals surface area contributed by atoms with E-state index in [9.17, 15) is 0 Å². The first-order chi connectivity index (χ1) is 9.72. The van der Waals surface area contributed by atoms with Crippen molar-refractivity contribution in [3.8, 4) is 0 Å². The Morgan fingerprint density at radius 2 is 1.65 bits per heavy atom. The van der Waals surface area contributed by atoms with Crippen molar-refractivity contribution in [2.75, 3.05) is 20.6 Å². The highest BCUT2D eigenvalue weighted by Crippen LogP contribution is 2.29. The number of nitrogens with two attached hydrogens (primary N) is 1.